The van der Waals surface area contributed by atoms with Crippen molar-refractivity contribution in [2.45, 2.75) is 19.4 Å². The second-order valence-electron chi connectivity index (χ2n) is 4.51. The summed E-state index contributed by atoms with van der Waals surface area (Å²) in [6.45, 7) is 2.75. The van der Waals surface area contributed by atoms with Gasteiger partial charge in [-0.1, -0.05) is 6.07 Å². The van der Waals surface area contributed by atoms with E-state index in [0.29, 0.717) is 18.0 Å². The highest BCUT2D eigenvalue weighted by atomic mass is 16.4. The average molecular weight is 246 g/mol. The van der Waals surface area contributed by atoms with Crippen LogP contribution in [-0.4, -0.2) is 43.7 Å². The van der Waals surface area contributed by atoms with E-state index in [1.807, 2.05) is 0 Å². The van der Waals surface area contributed by atoms with Crippen LogP contribution in [0.15, 0.2) is 18.2 Å². The minimum atomic E-state index is -0.955. The molecular weight excluding hydrogens is 232 g/mol. The van der Waals surface area contributed by atoms with E-state index in [9.17, 15) is 9.90 Å². The van der Waals surface area contributed by atoms with Gasteiger partial charge < -0.3 is 5.11 Å². The maximum Gasteiger partial charge on any atom is 0.352 e. The number of carboxylic acid groups (broad SMARTS) is 1. The lowest BCUT2D eigenvalue weighted by Gasteiger charge is -2.13. The highest BCUT2D eigenvalue weighted by molar-refractivity contribution is 5.86. The van der Waals surface area contributed by atoms with Gasteiger partial charge in [0.15, 0.2) is 11.5 Å². The summed E-state index contributed by atoms with van der Waals surface area (Å²) in [7, 11) is 0. The molecule has 1 aliphatic rings. The molecule has 3 heterocycles. The molecule has 2 aromatic heterocycles. The van der Waals surface area contributed by atoms with E-state index in [4.69, 9.17) is 0 Å². The van der Waals surface area contributed by atoms with Crippen molar-refractivity contribution in [2.24, 2.45) is 0 Å². The van der Waals surface area contributed by atoms with Gasteiger partial charge in [0.1, 0.15) is 5.69 Å². The maximum atomic E-state index is 11.2. The lowest BCUT2D eigenvalue weighted by atomic mass is 10.3. The Bertz CT molecular complexity index is 587. The molecule has 0 amide bonds. The zero-order valence-electron chi connectivity index (χ0n) is 9.91. The van der Waals surface area contributed by atoms with Crippen LogP contribution >= 0.6 is 0 Å². The smallest absolute Gasteiger partial charge is 0.352 e. The predicted molar refractivity (Wildman–Crippen MR) is 64.5 cm³/mol. The van der Waals surface area contributed by atoms with Crippen molar-refractivity contribution in [2.75, 3.05) is 13.1 Å². The number of nitrogens with zero attached hydrogens (tertiary/aromatic N) is 4. The molecule has 1 fully saturated rings. The number of pyridine rings is 1. The molecule has 2 aromatic rings. The molecule has 3 rings (SSSR count). The number of aromatic nitrogens is 3. The summed E-state index contributed by atoms with van der Waals surface area (Å²) in [4.78, 5) is 13.5. The molecule has 0 saturated carbocycles. The molecule has 0 radical (unpaired) electrons. The van der Waals surface area contributed by atoms with E-state index < -0.39 is 5.97 Å². The van der Waals surface area contributed by atoms with Crippen molar-refractivity contribution in [3.8, 4) is 0 Å². The van der Waals surface area contributed by atoms with Gasteiger partial charge in [0.25, 0.3) is 0 Å². The Morgan fingerprint density at radius 1 is 1.28 bits per heavy atom. The van der Waals surface area contributed by atoms with Crippen molar-refractivity contribution < 1.29 is 9.90 Å². The molecule has 0 aliphatic carbocycles. The first-order valence-electron chi connectivity index (χ1n) is 6.04. The van der Waals surface area contributed by atoms with Crippen molar-refractivity contribution in [1.82, 2.24) is 19.5 Å². The normalized spacial score (nSPS) is 16.4. The van der Waals surface area contributed by atoms with E-state index >= 15 is 0 Å². The molecule has 6 heteroatoms. The highest BCUT2D eigenvalue weighted by Crippen LogP contribution is 2.14. The van der Waals surface area contributed by atoms with Crippen molar-refractivity contribution in [3.63, 3.8) is 0 Å². The van der Waals surface area contributed by atoms with E-state index in [1.165, 1.54) is 12.8 Å². The van der Waals surface area contributed by atoms with Crippen LogP contribution < -0.4 is 0 Å². The maximum absolute atomic E-state index is 11.2. The number of likely N-dealkylation sites (tertiary alicyclic amines) is 1. The fraction of sp³-hybridized carbons (Fsp3) is 0.417. The van der Waals surface area contributed by atoms with Gasteiger partial charge >= 0.3 is 5.97 Å². The van der Waals surface area contributed by atoms with Crippen LogP contribution in [0, 0.1) is 0 Å². The van der Waals surface area contributed by atoms with Crippen LogP contribution in [0.1, 0.15) is 29.2 Å². The molecule has 0 bridgehead atoms. The lowest BCUT2D eigenvalue weighted by molar-refractivity contribution is 0.0688. The van der Waals surface area contributed by atoms with Crippen molar-refractivity contribution >= 4 is 11.6 Å². The van der Waals surface area contributed by atoms with Gasteiger partial charge in [-0.05, 0) is 38.1 Å². The molecule has 0 unspecified atom stereocenters. The van der Waals surface area contributed by atoms with Gasteiger partial charge in [0.05, 0.1) is 6.54 Å². The fourth-order valence-corrected chi connectivity index (χ4v) is 2.41. The van der Waals surface area contributed by atoms with Crippen LogP contribution in [0.5, 0.6) is 0 Å². The number of hydrogen-bond acceptors (Lipinski definition) is 4. The third kappa shape index (κ3) is 1.84. The second-order valence-corrected chi connectivity index (χ2v) is 4.51. The summed E-state index contributed by atoms with van der Waals surface area (Å²) in [5.41, 5.74) is 0.802. The summed E-state index contributed by atoms with van der Waals surface area (Å²) in [6, 6.07) is 5.03. The summed E-state index contributed by atoms with van der Waals surface area (Å²) in [5, 5.41) is 17.3. The minimum absolute atomic E-state index is 0.215. The predicted octanol–water partition coefficient (Wildman–Crippen LogP) is 1.02. The van der Waals surface area contributed by atoms with Gasteiger partial charge in [-0.25, -0.2) is 4.79 Å². The Kier molecular flexibility index (Phi) is 2.71. The number of carbonyl (C=O) groups is 1. The molecular formula is C12H14N4O2. The van der Waals surface area contributed by atoms with Gasteiger partial charge in [-0.2, -0.15) is 0 Å². The number of carboxylic acids is 1. The van der Waals surface area contributed by atoms with E-state index in [2.05, 4.69) is 15.1 Å². The van der Waals surface area contributed by atoms with E-state index in [-0.39, 0.29) is 5.69 Å². The molecule has 1 saturated heterocycles. The Morgan fingerprint density at radius 3 is 2.78 bits per heavy atom. The van der Waals surface area contributed by atoms with Gasteiger partial charge in [0.2, 0.25) is 0 Å². The van der Waals surface area contributed by atoms with Gasteiger partial charge in [-0.3, -0.25) is 9.30 Å². The fourth-order valence-electron chi connectivity index (χ4n) is 2.41. The van der Waals surface area contributed by atoms with Crippen LogP contribution in [0.2, 0.25) is 0 Å². The van der Waals surface area contributed by atoms with Crippen molar-refractivity contribution in [1.29, 1.82) is 0 Å². The molecule has 0 atom stereocenters. The zero-order valence-corrected chi connectivity index (χ0v) is 9.91. The number of aromatic carboxylic acids is 1. The Hall–Kier alpha value is -1.95. The largest absolute Gasteiger partial charge is 0.477 e. The third-order valence-electron chi connectivity index (χ3n) is 3.28. The standard InChI is InChI=1S/C12H14N4O2/c17-12(18)9-4-3-5-10-13-14-11(16(9)10)8-15-6-1-2-7-15/h3-5H,1-2,6-8H2,(H,17,18). The number of rotatable bonds is 3. The zero-order chi connectivity index (χ0) is 12.5. The van der Waals surface area contributed by atoms with Crippen LogP contribution in [0.25, 0.3) is 5.65 Å². The molecule has 94 valence electrons. The lowest BCUT2D eigenvalue weighted by Crippen LogP contribution is -2.21. The van der Waals surface area contributed by atoms with Crippen molar-refractivity contribution in [3.05, 3.63) is 29.7 Å². The van der Waals surface area contributed by atoms with E-state index in [0.717, 1.165) is 13.1 Å². The first-order valence-corrected chi connectivity index (χ1v) is 6.04. The Morgan fingerprint density at radius 2 is 2.06 bits per heavy atom. The highest BCUT2D eigenvalue weighted by Gasteiger charge is 2.18. The first-order chi connectivity index (χ1) is 8.75. The third-order valence-corrected chi connectivity index (χ3v) is 3.28. The monoisotopic (exact) mass is 246 g/mol. The summed E-state index contributed by atoms with van der Waals surface area (Å²) < 4.78 is 1.63. The number of hydrogen-bond donors (Lipinski definition) is 1. The topological polar surface area (TPSA) is 70.7 Å². The summed E-state index contributed by atoms with van der Waals surface area (Å²) in [6.07, 6.45) is 2.39. The molecule has 1 N–H and O–H groups in total. The Labute approximate surface area is 104 Å². The van der Waals surface area contributed by atoms with Crippen LogP contribution in [0.3, 0.4) is 0 Å². The van der Waals surface area contributed by atoms with Gasteiger partial charge in [-0.15, -0.1) is 10.2 Å². The SMILES string of the molecule is O=C(O)c1cccc2nnc(CN3CCCC3)n12. The quantitative estimate of drug-likeness (QED) is 0.875. The summed E-state index contributed by atoms with van der Waals surface area (Å²) in [5.74, 6) is -0.257. The Balaban J connectivity index is 2.03. The van der Waals surface area contributed by atoms with E-state index in [1.54, 1.807) is 22.6 Å². The minimum Gasteiger partial charge on any atom is -0.477 e. The molecule has 18 heavy (non-hydrogen) atoms. The average Bonchev–Trinajstić information content (AvgIpc) is 2.99. The second kappa shape index (κ2) is 4.38. The molecule has 1 aliphatic heterocycles. The van der Waals surface area contributed by atoms with Gasteiger partial charge in [0, 0.05) is 0 Å². The molecule has 0 spiro atoms. The van der Waals surface area contributed by atoms with Crippen LogP contribution in [-0.2, 0) is 6.54 Å². The van der Waals surface area contributed by atoms with Crippen LogP contribution in [0.4, 0.5) is 0 Å². The molecule has 0 aromatic carbocycles. The summed E-state index contributed by atoms with van der Waals surface area (Å²) >= 11 is 0. The molecule has 6 nitrogen and oxygen atoms in total. The number of fused-ring (bicyclic) bond motifs is 1. The first kappa shape index (κ1) is 11.2.